The number of hydrogen-bond acceptors (Lipinski definition) is 5. The van der Waals surface area contributed by atoms with Crippen LogP contribution in [0.4, 0.5) is 0 Å². The SMILES string of the molecule is CCC1CCCCN(CCCNC(=O)C2CCN(Cc3nc(-c4ccccc4C)oc3C)CC2)C1. The molecule has 0 aliphatic carbocycles. The summed E-state index contributed by atoms with van der Waals surface area (Å²) >= 11 is 0. The van der Waals surface area contributed by atoms with Gasteiger partial charge in [-0.1, -0.05) is 38.0 Å². The van der Waals surface area contributed by atoms with Crippen molar-refractivity contribution < 1.29 is 9.21 Å². The standard InChI is InChI=1S/C29H44N4O2/c1-4-24-11-7-8-16-32(20-24)17-9-15-30-28(34)25-13-18-33(19-14-25)21-27-23(3)35-29(31-27)26-12-6-5-10-22(26)2/h5-6,10,12,24-25H,4,7-9,11,13-21H2,1-3H3,(H,30,34). The molecule has 6 heteroatoms. The Morgan fingerprint density at radius 3 is 2.66 bits per heavy atom. The lowest BCUT2D eigenvalue weighted by Gasteiger charge is -2.30. The van der Waals surface area contributed by atoms with Crippen LogP contribution < -0.4 is 5.32 Å². The molecule has 1 N–H and O–H groups in total. The summed E-state index contributed by atoms with van der Waals surface area (Å²) < 4.78 is 5.99. The number of aryl methyl sites for hydroxylation is 2. The van der Waals surface area contributed by atoms with Gasteiger partial charge in [0.15, 0.2) is 0 Å². The molecular weight excluding hydrogens is 436 g/mol. The molecule has 3 heterocycles. The fourth-order valence-corrected chi connectivity index (χ4v) is 5.58. The van der Waals surface area contributed by atoms with E-state index >= 15 is 0 Å². The molecule has 2 aromatic rings. The second kappa shape index (κ2) is 12.7. The first-order valence-electron chi connectivity index (χ1n) is 13.8. The zero-order valence-corrected chi connectivity index (χ0v) is 22.0. The lowest BCUT2D eigenvalue weighted by Crippen LogP contribution is -2.41. The van der Waals surface area contributed by atoms with Crippen LogP contribution >= 0.6 is 0 Å². The van der Waals surface area contributed by atoms with Gasteiger partial charge in [-0.2, -0.15) is 0 Å². The minimum atomic E-state index is 0.134. The highest BCUT2D eigenvalue weighted by Crippen LogP contribution is 2.26. The van der Waals surface area contributed by atoms with E-state index in [0.717, 1.165) is 74.9 Å². The van der Waals surface area contributed by atoms with Gasteiger partial charge in [-0.15, -0.1) is 0 Å². The molecule has 1 unspecified atom stereocenters. The van der Waals surface area contributed by atoms with E-state index in [4.69, 9.17) is 9.40 Å². The summed E-state index contributed by atoms with van der Waals surface area (Å²) in [5, 5.41) is 3.22. The number of oxazole rings is 1. The second-order valence-corrected chi connectivity index (χ2v) is 10.6. The van der Waals surface area contributed by atoms with Crippen molar-refractivity contribution in [2.24, 2.45) is 11.8 Å². The van der Waals surface area contributed by atoms with Gasteiger partial charge in [0, 0.05) is 31.1 Å². The van der Waals surface area contributed by atoms with Crippen molar-refractivity contribution in [2.75, 3.05) is 39.3 Å². The van der Waals surface area contributed by atoms with Crippen LogP contribution in [0.3, 0.4) is 0 Å². The van der Waals surface area contributed by atoms with E-state index in [1.54, 1.807) is 0 Å². The maximum atomic E-state index is 12.7. The average molecular weight is 481 g/mol. The van der Waals surface area contributed by atoms with Crippen LogP contribution in [0.5, 0.6) is 0 Å². The summed E-state index contributed by atoms with van der Waals surface area (Å²) in [6.45, 7) is 13.4. The number of carbonyl (C=O) groups is 1. The van der Waals surface area contributed by atoms with Crippen LogP contribution in [0.25, 0.3) is 11.5 Å². The molecule has 0 saturated carbocycles. The Labute approximate surface area is 211 Å². The molecule has 1 aromatic carbocycles. The van der Waals surface area contributed by atoms with Gasteiger partial charge in [-0.3, -0.25) is 9.69 Å². The van der Waals surface area contributed by atoms with E-state index in [1.165, 1.54) is 44.3 Å². The van der Waals surface area contributed by atoms with Crippen molar-refractivity contribution in [1.29, 1.82) is 0 Å². The van der Waals surface area contributed by atoms with Crippen LogP contribution in [-0.4, -0.2) is 60.0 Å². The maximum Gasteiger partial charge on any atom is 0.226 e. The first kappa shape index (κ1) is 25.9. The van der Waals surface area contributed by atoms with E-state index in [2.05, 4.69) is 41.1 Å². The molecule has 2 aliphatic rings. The number of rotatable bonds is 9. The predicted molar refractivity (Wildman–Crippen MR) is 141 cm³/mol. The number of benzene rings is 1. The lowest BCUT2D eigenvalue weighted by atomic mass is 9.95. The summed E-state index contributed by atoms with van der Waals surface area (Å²) in [5.74, 6) is 2.82. The third kappa shape index (κ3) is 7.17. The molecule has 6 nitrogen and oxygen atoms in total. The number of piperidine rings is 1. The van der Waals surface area contributed by atoms with Crippen LogP contribution in [0.1, 0.15) is 68.9 Å². The van der Waals surface area contributed by atoms with Gasteiger partial charge < -0.3 is 14.6 Å². The van der Waals surface area contributed by atoms with Gasteiger partial charge in [-0.05, 0) is 89.7 Å². The van der Waals surface area contributed by atoms with E-state index in [9.17, 15) is 4.79 Å². The second-order valence-electron chi connectivity index (χ2n) is 10.6. The highest BCUT2D eigenvalue weighted by atomic mass is 16.4. The van der Waals surface area contributed by atoms with Gasteiger partial charge in [0.1, 0.15) is 5.76 Å². The zero-order valence-electron chi connectivity index (χ0n) is 22.0. The molecule has 1 atom stereocenters. The molecule has 1 amide bonds. The van der Waals surface area contributed by atoms with E-state index in [0.29, 0.717) is 5.89 Å². The zero-order chi connectivity index (χ0) is 24.6. The quantitative estimate of drug-likeness (QED) is 0.501. The number of carbonyl (C=O) groups excluding carboxylic acids is 1. The minimum absolute atomic E-state index is 0.134. The van der Waals surface area contributed by atoms with E-state index in [-0.39, 0.29) is 11.8 Å². The summed E-state index contributed by atoms with van der Waals surface area (Å²) in [7, 11) is 0. The minimum Gasteiger partial charge on any atom is -0.441 e. The molecule has 4 rings (SSSR count). The number of likely N-dealkylation sites (tertiary alicyclic amines) is 2. The van der Waals surface area contributed by atoms with Crippen molar-refractivity contribution in [3.05, 3.63) is 41.3 Å². The van der Waals surface area contributed by atoms with Gasteiger partial charge in [0.25, 0.3) is 0 Å². The molecule has 0 radical (unpaired) electrons. The molecule has 2 aliphatic heterocycles. The number of amides is 1. The normalized spacial score (nSPS) is 20.6. The van der Waals surface area contributed by atoms with Gasteiger partial charge in [-0.25, -0.2) is 4.98 Å². The third-order valence-corrected chi connectivity index (χ3v) is 7.98. The van der Waals surface area contributed by atoms with Gasteiger partial charge in [0.2, 0.25) is 11.8 Å². The molecule has 35 heavy (non-hydrogen) atoms. The predicted octanol–water partition coefficient (Wildman–Crippen LogP) is 5.19. The summed E-state index contributed by atoms with van der Waals surface area (Å²) in [4.78, 5) is 22.6. The number of aromatic nitrogens is 1. The molecular formula is C29H44N4O2. The lowest BCUT2D eigenvalue weighted by molar-refractivity contribution is -0.126. The Morgan fingerprint density at radius 2 is 1.89 bits per heavy atom. The Morgan fingerprint density at radius 1 is 1.09 bits per heavy atom. The molecule has 192 valence electrons. The Hall–Kier alpha value is -2.18. The van der Waals surface area contributed by atoms with E-state index in [1.807, 2.05) is 19.1 Å². The molecule has 0 spiro atoms. The first-order chi connectivity index (χ1) is 17.0. The fraction of sp³-hybridized carbons (Fsp3) is 0.655. The molecule has 0 bridgehead atoms. The van der Waals surface area contributed by atoms with Crippen LogP contribution in [0.15, 0.2) is 28.7 Å². The monoisotopic (exact) mass is 480 g/mol. The number of hydrogen-bond donors (Lipinski definition) is 1. The first-order valence-corrected chi connectivity index (χ1v) is 13.8. The molecule has 2 fully saturated rings. The van der Waals surface area contributed by atoms with Crippen molar-refractivity contribution in [2.45, 2.75) is 72.3 Å². The Kier molecular flexibility index (Phi) is 9.38. The molecule has 2 saturated heterocycles. The summed E-state index contributed by atoms with van der Waals surface area (Å²) in [5.41, 5.74) is 3.23. The van der Waals surface area contributed by atoms with Crippen LogP contribution in [-0.2, 0) is 11.3 Å². The average Bonchev–Trinajstić information content (AvgIpc) is 3.07. The highest BCUT2D eigenvalue weighted by Gasteiger charge is 2.26. The highest BCUT2D eigenvalue weighted by molar-refractivity contribution is 5.78. The fourth-order valence-electron chi connectivity index (χ4n) is 5.58. The largest absolute Gasteiger partial charge is 0.441 e. The Bertz CT molecular complexity index is 948. The number of nitrogens with one attached hydrogen (secondary N) is 1. The van der Waals surface area contributed by atoms with E-state index < -0.39 is 0 Å². The Balaban J connectivity index is 1.17. The van der Waals surface area contributed by atoms with Crippen molar-refractivity contribution in [3.63, 3.8) is 0 Å². The number of nitrogens with zero attached hydrogens (tertiary/aromatic N) is 3. The summed E-state index contributed by atoms with van der Waals surface area (Å²) in [6, 6.07) is 8.20. The summed E-state index contributed by atoms with van der Waals surface area (Å²) in [6.07, 6.45) is 8.24. The van der Waals surface area contributed by atoms with Gasteiger partial charge >= 0.3 is 0 Å². The third-order valence-electron chi connectivity index (χ3n) is 7.98. The van der Waals surface area contributed by atoms with Crippen LogP contribution in [0, 0.1) is 25.7 Å². The van der Waals surface area contributed by atoms with Crippen molar-refractivity contribution in [3.8, 4) is 11.5 Å². The van der Waals surface area contributed by atoms with Gasteiger partial charge in [0.05, 0.1) is 5.69 Å². The van der Waals surface area contributed by atoms with Crippen LogP contribution in [0.2, 0.25) is 0 Å². The molecule has 1 aromatic heterocycles. The maximum absolute atomic E-state index is 12.7. The van der Waals surface area contributed by atoms with Crippen molar-refractivity contribution in [1.82, 2.24) is 20.1 Å². The smallest absolute Gasteiger partial charge is 0.226 e. The topological polar surface area (TPSA) is 61.6 Å². The van der Waals surface area contributed by atoms with Crippen molar-refractivity contribution >= 4 is 5.91 Å².